The van der Waals surface area contributed by atoms with E-state index in [1.165, 1.54) is 0 Å². The molecule has 14 heteroatoms. The van der Waals surface area contributed by atoms with Gasteiger partial charge in [-0.1, -0.05) is 56.3 Å². The fourth-order valence-electron chi connectivity index (χ4n) is 9.36. The molecular weight excluding hydrogens is 796 g/mol. The molecule has 0 unspecified atom stereocenters. The molecule has 12 nitrogen and oxygen atoms in total. The average Bonchev–Trinajstić information content (AvgIpc) is 3.41. The van der Waals surface area contributed by atoms with E-state index >= 15 is 0 Å². The summed E-state index contributed by atoms with van der Waals surface area (Å²) in [5.41, 5.74) is 4.00. The smallest absolute Gasteiger partial charge is 0.251 e. The van der Waals surface area contributed by atoms with Crippen molar-refractivity contribution in [2.45, 2.75) is 44.2 Å². The number of Topliss-reactive ketones (excluding diaryl/α,β-unsaturated/α-hetero) is 1. The second kappa shape index (κ2) is 17.8. The molecule has 0 aromatic heterocycles. The zero-order chi connectivity index (χ0) is 42.9. The zero-order valence-corrected chi connectivity index (χ0v) is 37.6. The number of benzene rings is 3. The lowest BCUT2D eigenvalue weighted by atomic mass is 9.68. The molecule has 60 heavy (non-hydrogen) atoms. The Morgan fingerprint density at radius 2 is 1.28 bits per heavy atom. The van der Waals surface area contributed by atoms with Gasteiger partial charge in [0.1, 0.15) is 0 Å². The predicted molar refractivity (Wildman–Crippen MR) is 240 cm³/mol. The van der Waals surface area contributed by atoms with Gasteiger partial charge in [-0.15, -0.1) is 11.6 Å². The lowest BCUT2D eigenvalue weighted by Crippen LogP contribution is -2.65. The fraction of sp³-hybridized carbons (Fsp3) is 0.500. The quantitative estimate of drug-likeness (QED) is 0.118. The molecule has 0 bridgehead atoms. The summed E-state index contributed by atoms with van der Waals surface area (Å²) in [6, 6.07) is 17.9. The summed E-state index contributed by atoms with van der Waals surface area (Å²) in [4.78, 5) is 61.2. The molecule has 3 aromatic rings. The van der Waals surface area contributed by atoms with Gasteiger partial charge in [-0.3, -0.25) is 24.6 Å². The maximum Gasteiger partial charge on any atom is 0.251 e. The molecule has 1 spiro atoms. The third-order valence-corrected chi connectivity index (χ3v) is 16.6. The highest BCUT2D eigenvalue weighted by Crippen LogP contribution is 2.50. The summed E-state index contributed by atoms with van der Waals surface area (Å²) in [6.07, 6.45) is 4.23. The monoisotopic (exact) mass is 854 g/mol. The van der Waals surface area contributed by atoms with E-state index in [0.29, 0.717) is 81.7 Å². The molecule has 7 rings (SSSR count). The van der Waals surface area contributed by atoms with Crippen molar-refractivity contribution in [3.8, 4) is 0 Å². The van der Waals surface area contributed by atoms with Gasteiger partial charge in [-0.25, -0.2) is 0 Å². The van der Waals surface area contributed by atoms with E-state index in [0.717, 1.165) is 58.6 Å². The number of fused-ring (bicyclic) bond motifs is 6. The van der Waals surface area contributed by atoms with Crippen LogP contribution in [0.3, 0.4) is 0 Å². The average molecular weight is 856 g/mol. The Hall–Kier alpha value is -4.56. The maximum absolute atomic E-state index is 14.3. The molecule has 3 aliphatic heterocycles. The summed E-state index contributed by atoms with van der Waals surface area (Å²) in [5, 5.41) is 14.9. The second-order valence-electron chi connectivity index (χ2n) is 17.6. The van der Waals surface area contributed by atoms with Gasteiger partial charge >= 0.3 is 0 Å². The number of ether oxygens (including phenoxy) is 2. The standard InChI is InChI=1S/C46H59ClN6O6Si/c1-50(2)44(56)31-26-52(27-31)33-12-15-36-39(24-33)60(5,6)40-25-34(53-28-32(29-53)45(57)51(3)4)13-16-37(40)46(36)38-23-30(11-14-35(38)41(54)42(46)48)43(55)49-18-20-59-22-21-58-19-10-8-7-9-17-47/h11-16,23-25,31-32,48H,7-10,17-22,26-29H2,1-6H3,(H,49,55)/q-1. The number of alkyl halides is 1. The summed E-state index contributed by atoms with van der Waals surface area (Å²) in [6.45, 7) is 9.37. The topological polar surface area (TPSA) is 136 Å². The van der Waals surface area contributed by atoms with Gasteiger partial charge in [0.2, 0.25) is 17.6 Å². The number of hydrogen-bond acceptors (Lipinski definition) is 9. The highest BCUT2D eigenvalue weighted by Gasteiger charge is 2.55. The SMILES string of the molecule is CN(C)C(=O)C1CN(c2ccc3c(c2)[Si-](C)(C)c2cc(N4CC(C(=O)N(C)C)C4)ccc2C32C(=N)C(=O)c3ccc(C(=O)NCCOCCOCCCCCCCl)cc32)C1. The lowest BCUT2D eigenvalue weighted by Gasteiger charge is -2.53. The van der Waals surface area contributed by atoms with Crippen LogP contribution in [0.4, 0.5) is 11.4 Å². The Labute approximate surface area is 360 Å². The van der Waals surface area contributed by atoms with Crippen LogP contribution in [0, 0.1) is 17.2 Å². The number of carbonyl (C=O) groups excluding carboxylic acids is 4. The first-order valence-electron chi connectivity index (χ1n) is 21.2. The summed E-state index contributed by atoms with van der Waals surface area (Å²) in [7, 11) is 4.61. The van der Waals surface area contributed by atoms with Crippen molar-refractivity contribution in [3.05, 3.63) is 82.4 Å². The number of anilines is 2. The first-order chi connectivity index (χ1) is 28.7. The normalized spacial score (nSPS) is 17.4. The fourth-order valence-corrected chi connectivity index (χ4v) is 12.7. The molecule has 1 aliphatic carbocycles. The summed E-state index contributed by atoms with van der Waals surface area (Å²) >= 11 is 5.74. The molecule has 0 saturated carbocycles. The van der Waals surface area contributed by atoms with Crippen LogP contribution in [-0.4, -0.2) is 140 Å². The Kier molecular flexibility index (Phi) is 12.9. The Bertz CT molecular complexity index is 2070. The molecule has 3 heterocycles. The van der Waals surface area contributed by atoms with Gasteiger partial charge in [-0.2, -0.15) is 23.5 Å². The molecule has 2 N–H and O–H groups in total. The van der Waals surface area contributed by atoms with Crippen LogP contribution in [0.25, 0.3) is 0 Å². The van der Waals surface area contributed by atoms with Gasteiger partial charge in [-0.05, 0) is 48.7 Å². The molecule has 0 radical (unpaired) electrons. The minimum Gasteiger partial charge on any atom is -0.379 e. The van der Waals surface area contributed by atoms with Gasteiger partial charge in [0.25, 0.3) is 5.91 Å². The number of carbonyl (C=O) groups is 4. The first kappa shape index (κ1) is 43.5. The second-order valence-corrected chi connectivity index (χ2v) is 22.3. The van der Waals surface area contributed by atoms with Crippen LogP contribution in [0.2, 0.25) is 13.1 Å². The molecule has 0 atom stereocenters. The molecule has 2 fully saturated rings. The Morgan fingerprint density at radius 3 is 1.82 bits per heavy atom. The third-order valence-electron chi connectivity index (χ3n) is 12.8. The van der Waals surface area contributed by atoms with E-state index in [2.05, 4.69) is 64.6 Å². The molecule has 3 aromatic carbocycles. The van der Waals surface area contributed by atoms with Crippen LogP contribution >= 0.6 is 11.6 Å². The van der Waals surface area contributed by atoms with Crippen LogP contribution < -0.4 is 25.5 Å². The minimum atomic E-state index is -2.54. The van der Waals surface area contributed by atoms with Crippen molar-refractivity contribution in [1.82, 2.24) is 15.1 Å². The lowest BCUT2D eigenvalue weighted by molar-refractivity contribution is -0.134. The highest BCUT2D eigenvalue weighted by molar-refractivity contribution is 7.01. The number of nitrogens with zero attached hydrogens (tertiary/aromatic N) is 4. The first-order valence-corrected chi connectivity index (χ1v) is 24.7. The van der Waals surface area contributed by atoms with Crippen molar-refractivity contribution >= 4 is 70.6 Å². The van der Waals surface area contributed by atoms with Gasteiger partial charge in [0, 0.05) is 95.9 Å². The van der Waals surface area contributed by atoms with Crippen molar-refractivity contribution in [2.75, 3.05) is 103 Å². The van der Waals surface area contributed by atoms with E-state index in [9.17, 15) is 24.6 Å². The van der Waals surface area contributed by atoms with E-state index in [4.69, 9.17) is 21.1 Å². The van der Waals surface area contributed by atoms with Crippen LogP contribution in [0.5, 0.6) is 0 Å². The number of nitrogens with one attached hydrogen (secondary N) is 2. The van der Waals surface area contributed by atoms with Crippen LogP contribution in [-0.2, 0) is 24.5 Å². The van der Waals surface area contributed by atoms with Gasteiger partial charge in [0.15, 0.2) is 0 Å². The largest absolute Gasteiger partial charge is 0.379 e. The number of rotatable bonds is 17. The maximum atomic E-state index is 14.3. The number of ketones is 1. The number of amides is 3. The summed E-state index contributed by atoms with van der Waals surface area (Å²) < 4.78 is 11.4. The van der Waals surface area contributed by atoms with E-state index in [1.807, 2.05) is 0 Å². The number of hydrogen-bond donors (Lipinski definition) is 2. The minimum absolute atomic E-state index is 0.0328. The number of unbranched alkanes of at least 4 members (excludes halogenated alkanes) is 3. The van der Waals surface area contributed by atoms with Gasteiger partial charge in [0.05, 0.1) is 42.8 Å². The van der Waals surface area contributed by atoms with Crippen molar-refractivity contribution in [2.24, 2.45) is 11.8 Å². The van der Waals surface area contributed by atoms with E-state index in [-0.39, 0.29) is 41.1 Å². The van der Waals surface area contributed by atoms with Gasteiger partial charge < -0.3 is 34.4 Å². The molecular formula is C46H59ClN6O6Si-. The van der Waals surface area contributed by atoms with E-state index < -0.39 is 13.5 Å². The van der Waals surface area contributed by atoms with Crippen molar-refractivity contribution < 1.29 is 28.7 Å². The predicted octanol–water partition coefficient (Wildman–Crippen LogP) is 3.98. The Balaban J connectivity index is 1.18. The molecule has 2 saturated heterocycles. The van der Waals surface area contributed by atoms with Crippen molar-refractivity contribution in [1.29, 1.82) is 5.41 Å². The molecule has 4 aliphatic rings. The van der Waals surface area contributed by atoms with Crippen LogP contribution in [0.1, 0.15) is 63.1 Å². The van der Waals surface area contributed by atoms with Crippen molar-refractivity contribution in [3.63, 3.8) is 0 Å². The number of halogens is 1. The van der Waals surface area contributed by atoms with E-state index in [1.54, 1.807) is 56.2 Å². The highest BCUT2D eigenvalue weighted by atomic mass is 35.5. The molecule has 321 valence electrons. The third kappa shape index (κ3) is 7.89. The van der Waals surface area contributed by atoms with Crippen LogP contribution in [0.15, 0.2) is 54.6 Å². The molecule has 3 amide bonds. The zero-order valence-electron chi connectivity index (χ0n) is 35.9. The summed E-state index contributed by atoms with van der Waals surface area (Å²) in [5.74, 6) is 0.153. The Morgan fingerprint density at radius 1 is 0.750 bits per heavy atom.